The number of aromatic nitrogens is 1. The van der Waals surface area contributed by atoms with Crippen LogP contribution in [0.4, 0.5) is 5.69 Å². The predicted molar refractivity (Wildman–Crippen MR) is 76.4 cm³/mol. The molecule has 0 aliphatic carbocycles. The van der Waals surface area contributed by atoms with Crippen LogP contribution < -0.4 is 10.1 Å². The molecular weight excluding hydrogens is 256 g/mol. The maximum Gasteiger partial charge on any atom is 0.337 e. The molecule has 0 spiro atoms. The lowest BCUT2D eigenvalue weighted by atomic mass is 10.2. The van der Waals surface area contributed by atoms with Crippen LogP contribution >= 0.6 is 0 Å². The lowest BCUT2D eigenvalue weighted by molar-refractivity contribution is 0.0697. The molecule has 1 aromatic carbocycles. The number of hydrogen-bond acceptors (Lipinski definition) is 4. The van der Waals surface area contributed by atoms with Gasteiger partial charge in [0.15, 0.2) is 0 Å². The Bertz CT molecular complexity index is 599. The van der Waals surface area contributed by atoms with Crippen molar-refractivity contribution < 1.29 is 14.6 Å². The van der Waals surface area contributed by atoms with E-state index in [1.54, 1.807) is 0 Å². The number of ether oxygens (including phenoxy) is 1. The van der Waals surface area contributed by atoms with Gasteiger partial charge in [0, 0.05) is 12.7 Å². The van der Waals surface area contributed by atoms with Gasteiger partial charge >= 0.3 is 5.97 Å². The van der Waals surface area contributed by atoms with Crippen LogP contribution in [-0.2, 0) is 0 Å². The number of pyridine rings is 1. The van der Waals surface area contributed by atoms with E-state index >= 15 is 0 Å². The number of hydrogen-bond donors (Lipinski definition) is 2. The second-order valence-corrected chi connectivity index (χ2v) is 4.32. The van der Waals surface area contributed by atoms with E-state index in [2.05, 4.69) is 10.3 Å². The minimum absolute atomic E-state index is 0.204. The zero-order chi connectivity index (χ0) is 14.4. The highest BCUT2D eigenvalue weighted by molar-refractivity contribution is 5.93. The van der Waals surface area contributed by atoms with Gasteiger partial charge in [-0.3, -0.25) is 4.98 Å². The molecule has 0 unspecified atom stereocenters. The van der Waals surface area contributed by atoms with E-state index in [9.17, 15) is 4.79 Å². The molecule has 1 heterocycles. The Morgan fingerprint density at radius 2 is 2.25 bits per heavy atom. The summed E-state index contributed by atoms with van der Waals surface area (Å²) in [6.45, 7) is 2.94. The summed E-state index contributed by atoms with van der Waals surface area (Å²) in [6.07, 6.45) is 2.95. The summed E-state index contributed by atoms with van der Waals surface area (Å²) in [4.78, 5) is 14.9. The molecule has 0 radical (unpaired) electrons. The van der Waals surface area contributed by atoms with Crippen LogP contribution in [0.2, 0.25) is 0 Å². The fourth-order valence-electron chi connectivity index (χ4n) is 1.78. The first kappa shape index (κ1) is 13.9. The Labute approximate surface area is 117 Å². The third-order valence-electron chi connectivity index (χ3n) is 2.73. The summed E-state index contributed by atoms with van der Waals surface area (Å²) in [7, 11) is 0. The molecule has 0 saturated carbocycles. The summed E-state index contributed by atoms with van der Waals surface area (Å²) >= 11 is 0. The third-order valence-corrected chi connectivity index (χ3v) is 2.73. The highest BCUT2D eigenvalue weighted by Gasteiger charge is 2.08. The summed E-state index contributed by atoms with van der Waals surface area (Å²) in [5.41, 5.74) is 1.83. The molecule has 0 atom stereocenters. The van der Waals surface area contributed by atoms with Crippen LogP contribution in [0.3, 0.4) is 0 Å². The molecule has 0 aliphatic rings. The van der Waals surface area contributed by atoms with Gasteiger partial charge in [0.1, 0.15) is 12.4 Å². The van der Waals surface area contributed by atoms with Gasteiger partial charge in [-0.05, 0) is 30.7 Å². The number of nitrogens with one attached hydrogen (secondary N) is 1. The Hall–Kier alpha value is -2.56. The number of anilines is 1. The Morgan fingerprint density at radius 3 is 3.00 bits per heavy atom. The maximum atomic E-state index is 11.0. The van der Waals surface area contributed by atoms with E-state index in [1.165, 1.54) is 18.5 Å². The van der Waals surface area contributed by atoms with Gasteiger partial charge in [0.05, 0.1) is 17.4 Å². The van der Waals surface area contributed by atoms with Crippen LogP contribution in [0.25, 0.3) is 0 Å². The minimum Gasteiger partial charge on any atom is -0.492 e. The van der Waals surface area contributed by atoms with Crippen molar-refractivity contribution in [2.75, 3.05) is 18.5 Å². The second kappa shape index (κ2) is 6.56. The molecular formula is C15H16N2O3. The van der Waals surface area contributed by atoms with Crippen molar-refractivity contribution in [1.29, 1.82) is 0 Å². The first-order valence-electron chi connectivity index (χ1n) is 6.27. The van der Waals surface area contributed by atoms with Crippen LogP contribution in [-0.4, -0.2) is 29.2 Å². The second-order valence-electron chi connectivity index (χ2n) is 4.32. The Morgan fingerprint density at radius 1 is 1.40 bits per heavy atom. The van der Waals surface area contributed by atoms with Crippen molar-refractivity contribution in [3.05, 3.63) is 53.9 Å². The Kier molecular flexibility index (Phi) is 4.55. The summed E-state index contributed by atoms with van der Waals surface area (Å²) in [5.74, 6) is -0.175. The molecule has 0 aliphatic heterocycles. The van der Waals surface area contributed by atoms with Crippen LogP contribution in [0.15, 0.2) is 42.7 Å². The lowest BCUT2D eigenvalue weighted by Gasteiger charge is -2.10. The zero-order valence-electron chi connectivity index (χ0n) is 11.2. The number of aromatic carboxylic acids is 1. The number of aryl methyl sites for hydroxylation is 1. The third kappa shape index (κ3) is 3.71. The lowest BCUT2D eigenvalue weighted by Crippen LogP contribution is -2.14. The molecule has 2 aromatic rings. The number of rotatable bonds is 6. The molecule has 0 saturated heterocycles. The van der Waals surface area contributed by atoms with Gasteiger partial charge in [-0.15, -0.1) is 0 Å². The van der Waals surface area contributed by atoms with E-state index in [0.717, 1.165) is 11.3 Å². The number of carboxylic acids is 1. The molecule has 2 N–H and O–H groups in total. The fraction of sp³-hybridized carbons (Fsp3) is 0.200. The fourth-order valence-corrected chi connectivity index (χ4v) is 1.78. The van der Waals surface area contributed by atoms with Crippen molar-refractivity contribution in [3.63, 3.8) is 0 Å². The average Bonchev–Trinajstić information content (AvgIpc) is 2.44. The quantitative estimate of drug-likeness (QED) is 0.791. The van der Waals surface area contributed by atoms with E-state index in [-0.39, 0.29) is 5.56 Å². The van der Waals surface area contributed by atoms with E-state index in [1.807, 2.05) is 31.2 Å². The molecule has 5 nitrogen and oxygen atoms in total. The number of benzene rings is 1. The van der Waals surface area contributed by atoms with Crippen molar-refractivity contribution in [2.45, 2.75) is 6.92 Å². The van der Waals surface area contributed by atoms with Gasteiger partial charge in [-0.25, -0.2) is 4.79 Å². The summed E-state index contributed by atoms with van der Waals surface area (Å²) < 4.78 is 5.58. The minimum atomic E-state index is -0.977. The molecule has 0 amide bonds. The first-order chi connectivity index (χ1) is 9.66. The number of nitrogens with zero attached hydrogens (tertiary/aromatic N) is 1. The summed E-state index contributed by atoms with van der Waals surface area (Å²) in [5, 5.41) is 12.0. The molecule has 5 heteroatoms. The molecule has 104 valence electrons. The highest BCUT2D eigenvalue weighted by atomic mass is 16.5. The standard InChI is InChI=1S/C15H16N2O3/c1-11-3-2-4-12(9-11)20-8-7-17-14-10-16-6-5-13(14)15(18)19/h2-6,9-10,17H,7-8H2,1H3,(H,18,19). The topological polar surface area (TPSA) is 71.5 Å². The van der Waals surface area contributed by atoms with Crippen LogP contribution in [0.5, 0.6) is 5.75 Å². The molecule has 2 rings (SSSR count). The maximum absolute atomic E-state index is 11.0. The zero-order valence-corrected chi connectivity index (χ0v) is 11.2. The van der Waals surface area contributed by atoms with Gasteiger partial charge in [0.25, 0.3) is 0 Å². The Balaban J connectivity index is 1.86. The summed E-state index contributed by atoms with van der Waals surface area (Å²) in [6, 6.07) is 9.24. The van der Waals surface area contributed by atoms with Gasteiger partial charge < -0.3 is 15.2 Å². The normalized spacial score (nSPS) is 10.1. The van der Waals surface area contributed by atoms with Crippen LogP contribution in [0, 0.1) is 6.92 Å². The van der Waals surface area contributed by atoms with E-state index in [0.29, 0.717) is 18.8 Å². The molecule has 0 fully saturated rings. The smallest absolute Gasteiger partial charge is 0.337 e. The monoisotopic (exact) mass is 272 g/mol. The van der Waals surface area contributed by atoms with E-state index < -0.39 is 5.97 Å². The molecule has 0 bridgehead atoms. The number of carboxylic acid groups (broad SMARTS) is 1. The van der Waals surface area contributed by atoms with Crippen molar-refractivity contribution >= 4 is 11.7 Å². The molecule has 20 heavy (non-hydrogen) atoms. The highest BCUT2D eigenvalue weighted by Crippen LogP contribution is 2.14. The van der Waals surface area contributed by atoms with Crippen molar-refractivity contribution in [3.8, 4) is 5.75 Å². The number of carbonyl (C=O) groups is 1. The SMILES string of the molecule is Cc1cccc(OCCNc2cnccc2C(=O)O)c1. The van der Waals surface area contributed by atoms with Crippen molar-refractivity contribution in [1.82, 2.24) is 4.98 Å². The van der Waals surface area contributed by atoms with Gasteiger partial charge in [-0.2, -0.15) is 0 Å². The van der Waals surface area contributed by atoms with Crippen LogP contribution in [0.1, 0.15) is 15.9 Å². The van der Waals surface area contributed by atoms with Crippen molar-refractivity contribution in [2.24, 2.45) is 0 Å². The largest absolute Gasteiger partial charge is 0.492 e. The van der Waals surface area contributed by atoms with Gasteiger partial charge in [-0.1, -0.05) is 12.1 Å². The predicted octanol–water partition coefficient (Wildman–Crippen LogP) is 2.58. The van der Waals surface area contributed by atoms with E-state index in [4.69, 9.17) is 9.84 Å². The average molecular weight is 272 g/mol. The molecule has 1 aromatic heterocycles. The first-order valence-corrected chi connectivity index (χ1v) is 6.27. The van der Waals surface area contributed by atoms with Gasteiger partial charge in [0.2, 0.25) is 0 Å².